The molecule has 4 heteroatoms. The van der Waals surface area contributed by atoms with Crippen molar-refractivity contribution in [3.8, 4) is 0 Å². The molecule has 0 heterocycles. The fraction of sp³-hybridized carbons (Fsp3) is 0.900. The Morgan fingerprint density at radius 2 is 2.14 bits per heavy atom. The van der Waals surface area contributed by atoms with Gasteiger partial charge < -0.3 is 9.64 Å². The highest BCUT2D eigenvalue weighted by molar-refractivity contribution is 9.10. The molecule has 0 fully saturated rings. The van der Waals surface area contributed by atoms with E-state index in [0.717, 1.165) is 19.6 Å². The summed E-state index contributed by atoms with van der Waals surface area (Å²) in [6.45, 7) is 7.01. The molecule has 0 spiro atoms. The molecule has 0 radical (unpaired) electrons. The van der Waals surface area contributed by atoms with E-state index >= 15 is 0 Å². The molecule has 0 aromatic carbocycles. The predicted octanol–water partition coefficient (Wildman–Crippen LogP) is 2.04. The number of ether oxygens (including phenoxy) is 1. The molecule has 0 saturated carbocycles. The Morgan fingerprint density at radius 1 is 1.50 bits per heavy atom. The molecule has 1 atom stereocenters. The van der Waals surface area contributed by atoms with Crippen molar-refractivity contribution in [2.24, 2.45) is 0 Å². The van der Waals surface area contributed by atoms with Crippen LogP contribution >= 0.6 is 15.9 Å². The van der Waals surface area contributed by atoms with Crippen LogP contribution in [0.25, 0.3) is 0 Å². The first-order chi connectivity index (χ1) is 6.65. The van der Waals surface area contributed by atoms with E-state index in [2.05, 4.69) is 39.4 Å². The second-order valence-electron chi connectivity index (χ2n) is 3.24. The number of nitrogens with zero attached hydrogens (tertiary/aromatic N) is 1. The van der Waals surface area contributed by atoms with Gasteiger partial charge in [0.2, 0.25) is 0 Å². The molecule has 0 N–H and O–H groups in total. The maximum absolute atomic E-state index is 11.1. The van der Waals surface area contributed by atoms with Crippen LogP contribution < -0.4 is 0 Å². The smallest absolute Gasteiger partial charge is 0.320 e. The number of halogens is 1. The lowest BCUT2D eigenvalue weighted by molar-refractivity contribution is -0.140. The van der Waals surface area contributed by atoms with Crippen LogP contribution in [0.4, 0.5) is 0 Å². The SMILES string of the molecule is CCCCN(CC)CC(Br)C(=O)OC. The number of carbonyl (C=O) groups excluding carboxylic acids is 1. The van der Waals surface area contributed by atoms with Crippen molar-refractivity contribution in [2.75, 3.05) is 26.7 Å². The van der Waals surface area contributed by atoms with Crippen molar-refractivity contribution in [1.82, 2.24) is 4.90 Å². The largest absolute Gasteiger partial charge is 0.468 e. The molecular weight excluding hydrogens is 246 g/mol. The van der Waals surface area contributed by atoms with Crippen molar-refractivity contribution in [1.29, 1.82) is 0 Å². The third kappa shape index (κ3) is 5.60. The van der Waals surface area contributed by atoms with E-state index in [1.165, 1.54) is 20.0 Å². The van der Waals surface area contributed by atoms with Gasteiger partial charge in [-0.1, -0.05) is 36.2 Å². The van der Waals surface area contributed by atoms with Gasteiger partial charge >= 0.3 is 5.97 Å². The quantitative estimate of drug-likeness (QED) is 0.521. The minimum Gasteiger partial charge on any atom is -0.468 e. The summed E-state index contributed by atoms with van der Waals surface area (Å²) in [6, 6.07) is 0. The number of rotatable bonds is 7. The zero-order valence-corrected chi connectivity index (χ0v) is 10.8. The Kier molecular flexibility index (Phi) is 8.18. The fourth-order valence-electron chi connectivity index (χ4n) is 1.19. The fourth-order valence-corrected chi connectivity index (χ4v) is 1.79. The van der Waals surface area contributed by atoms with Crippen molar-refractivity contribution < 1.29 is 9.53 Å². The summed E-state index contributed by atoms with van der Waals surface area (Å²) in [4.78, 5) is 13.2. The molecular formula is C10H20BrNO2. The van der Waals surface area contributed by atoms with E-state index in [1.54, 1.807) is 0 Å². The standard InChI is InChI=1S/C10H20BrNO2/c1-4-6-7-12(5-2)8-9(11)10(13)14-3/h9H,4-8H2,1-3H3. The predicted molar refractivity (Wildman–Crippen MR) is 61.8 cm³/mol. The summed E-state index contributed by atoms with van der Waals surface area (Å²) in [6.07, 6.45) is 2.36. The summed E-state index contributed by atoms with van der Waals surface area (Å²) >= 11 is 3.32. The number of alkyl halides is 1. The van der Waals surface area contributed by atoms with Crippen molar-refractivity contribution in [3.63, 3.8) is 0 Å². The van der Waals surface area contributed by atoms with Gasteiger partial charge in [-0.15, -0.1) is 0 Å². The molecule has 0 saturated heterocycles. The first-order valence-corrected chi connectivity index (χ1v) is 6.01. The van der Waals surface area contributed by atoms with Crippen molar-refractivity contribution >= 4 is 21.9 Å². The Morgan fingerprint density at radius 3 is 2.57 bits per heavy atom. The minimum atomic E-state index is -0.204. The van der Waals surface area contributed by atoms with Crippen LogP contribution in [0.3, 0.4) is 0 Å². The average Bonchev–Trinajstić information content (AvgIpc) is 2.22. The molecule has 0 aromatic heterocycles. The van der Waals surface area contributed by atoms with E-state index in [0.29, 0.717) is 0 Å². The topological polar surface area (TPSA) is 29.5 Å². The number of esters is 1. The molecule has 14 heavy (non-hydrogen) atoms. The minimum absolute atomic E-state index is 0.194. The van der Waals surface area contributed by atoms with Gasteiger partial charge in [0, 0.05) is 6.54 Å². The third-order valence-electron chi connectivity index (χ3n) is 2.15. The van der Waals surface area contributed by atoms with Crippen molar-refractivity contribution in [2.45, 2.75) is 31.5 Å². The first-order valence-electron chi connectivity index (χ1n) is 5.09. The summed E-state index contributed by atoms with van der Waals surface area (Å²) in [5.41, 5.74) is 0. The summed E-state index contributed by atoms with van der Waals surface area (Å²) < 4.78 is 4.65. The van der Waals surface area contributed by atoms with Gasteiger partial charge in [-0.3, -0.25) is 4.79 Å². The number of unbranched alkanes of at least 4 members (excludes halogenated alkanes) is 1. The number of hydrogen-bond acceptors (Lipinski definition) is 3. The molecule has 0 aliphatic carbocycles. The van der Waals surface area contributed by atoms with Gasteiger partial charge in [0.1, 0.15) is 4.83 Å². The number of hydrogen-bond donors (Lipinski definition) is 0. The Labute approximate surface area is 94.9 Å². The van der Waals surface area contributed by atoms with E-state index in [1.807, 2.05) is 0 Å². The highest BCUT2D eigenvalue weighted by Crippen LogP contribution is 2.06. The van der Waals surface area contributed by atoms with Gasteiger partial charge in [-0.05, 0) is 19.5 Å². The van der Waals surface area contributed by atoms with Crippen molar-refractivity contribution in [3.05, 3.63) is 0 Å². The Bertz CT molecular complexity index is 164. The molecule has 84 valence electrons. The van der Waals surface area contributed by atoms with Gasteiger partial charge in [-0.25, -0.2) is 0 Å². The molecule has 3 nitrogen and oxygen atoms in total. The first kappa shape index (κ1) is 13.9. The normalized spacial score (nSPS) is 12.9. The van der Waals surface area contributed by atoms with Gasteiger partial charge in [0.05, 0.1) is 7.11 Å². The molecule has 0 aromatic rings. The molecule has 0 amide bonds. The van der Waals surface area contributed by atoms with Crippen LogP contribution in [0.5, 0.6) is 0 Å². The molecule has 0 rings (SSSR count). The number of carbonyl (C=O) groups is 1. The van der Waals surface area contributed by atoms with Gasteiger partial charge in [0.15, 0.2) is 0 Å². The molecule has 0 bridgehead atoms. The van der Waals surface area contributed by atoms with E-state index < -0.39 is 0 Å². The van der Waals surface area contributed by atoms with Crippen LogP contribution in [0.1, 0.15) is 26.7 Å². The summed E-state index contributed by atoms with van der Waals surface area (Å²) in [7, 11) is 1.42. The summed E-state index contributed by atoms with van der Waals surface area (Å²) in [5, 5.41) is 0. The van der Waals surface area contributed by atoms with E-state index in [4.69, 9.17) is 0 Å². The van der Waals surface area contributed by atoms with Crippen LogP contribution in [0.2, 0.25) is 0 Å². The van der Waals surface area contributed by atoms with E-state index in [9.17, 15) is 4.79 Å². The Hall–Kier alpha value is -0.0900. The lowest BCUT2D eigenvalue weighted by Crippen LogP contribution is -2.34. The monoisotopic (exact) mass is 265 g/mol. The maximum Gasteiger partial charge on any atom is 0.320 e. The van der Waals surface area contributed by atoms with Crippen LogP contribution in [-0.2, 0) is 9.53 Å². The average molecular weight is 266 g/mol. The third-order valence-corrected chi connectivity index (χ3v) is 2.81. The van der Waals surface area contributed by atoms with Crippen LogP contribution in [-0.4, -0.2) is 42.4 Å². The number of methoxy groups -OCH3 is 1. The second kappa shape index (κ2) is 8.24. The van der Waals surface area contributed by atoms with Crippen LogP contribution in [0, 0.1) is 0 Å². The highest BCUT2D eigenvalue weighted by Gasteiger charge is 2.17. The lowest BCUT2D eigenvalue weighted by Gasteiger charge is -2.21. The molecule has 0 aliphatic heterocycles. The molecule has 1 unspecified atom stereocenters. The zero-order chi connectivity index (χ0) is 11.0. The van der Waals surface area contributed by atoms with Gasteiger partial charge in [-0.2, -0.15) is 0 Å². The highest BCUT2D eigenvalue weighted by atomic mass is 79.9. The zero-order valence-electron chi connectivity index (χ0n) is 9.25. The lowest BCUT2D eigenvalue weighted by atomic mass is 10.3. The van der Waals surface area contributed by atoms with Gasteiger partial charge in [0.25, 0.3) is 0 Å². The second-order valence-corrected chi connectivity index (χ2v) is 4.34. The Balaban J connectivity index is 3.85. The molecule has 0 aliphatic rings. The summed E-state index contributed by atoms with van der Waals surface area (Å²) in [5.74, 6) is -0.194. The maximum atomic E-state index is 11.1. The van der Waals surface area contributed by atoms with E-state index in [-0.39, 0.29) is 10.8 Å². The van der Waals surface area contributed by atoms with Crippen LogP contribution in [0.15, 0.2) is 0 Å².